The predicted molar refractivity (Wildman–Crippen MR) is 150 cm³/mol. The molecular weight excluding hydrogens is 468 g/mol. The number of aliphatic imine (C=N–C) groups is 1. The molecule has 1 aliphatic heterocycles. The lowest BCUT2D eigenvalue weighted by molar-refractivity contribution is -0.125. The van der Waals surface area contributed by atoms with E-state index in [1.165, 1.54) is 17.2 Å². The molecule has 1 atom stereocenters. The van der Waals surface area contributed by atoms with E-state index in [2.05, 4.69) is 60.0 Å². The van der Waals surface area contributed by atoms with Gasteiger partial charge in [0.25, 0.3) is 0 Å². The fraction of sp³-hybridized carbons (Fsp3) is 0.250. The van der Waals surface area contributed by atoms with Crippen molar-refractivity contribution in [1.82, 2.24) is 15.2 Å². The summed E-state index contributed by atoms with van der Waals surface area (Å²) in [7, 11) is 0. The number of fused-ring (bicyclic) bond motifs is 1. The van der Waals surface area contributed by atoms with Crippen molar-refractivity contribution in [1.29, 1.82) is 0 Å². The Balaban J connectivity index is 1.53. The minimum Gasteiger partial charge on any atom is -0.370 e. The van der Waals surface area contributed by atoms with Crippen molar-refractivity contribution in [3.63, 3.8) is 0 Å². The summed E-state index contributed by atoms with van der Waals surface area (Å²) in [6.07, 6.45) is 5.70. The van der Waals surface area contributed by atoms with Gasteiger partial charge in [-0.15, -0.1) is 0 Å². The van der Waals surface area contributed by atoms with Crippen LogP contribution in [0.2, 0.25) is 0 Å². The number of benzene rings is 2. The van der Waals surface area contributed by atoms with Gasteiger partial charge in [-0.05, 0) is 60.2 Å². The van der Waals surface area contributed by atoms with E-state index in [4.69, 9.17) is 10.7 Å². The third-order valence-electron chi connectivity index (χ3n) is 5.96. The van der Waals surface area contributed by atoms with Gasteiger partial charge in [-0.3, -0.25) is 4.79 Å². The highest BCUT2D eigenvalue weighted by Gasteiger charge is 2.24. The Kier molecular flexibility index (Phi) is 8.17. The van der Waals surface area contributed by atoms with Gasteiger partial charge < -0.3 is 21.3 Å². The number of allylic oxidation sites excluding steroid dienone is 2. The number of amides is 1. The van der Waals surface area contributed by atoms with Crippen LogP contribution in [-0.4, -0.2) is 40.9 Å². The fourth-order valence-corrected chi connectivity index (χ4v) is 5.06. The van der Waals surface area contributed by atoms with Crippen molar-refractivity contribution in [3.05, 3.63) is 96.4 Å². The Morgan fingerprint density at radius 1 is 1.28 bits per heavy atom. The number of nitrogens with zero attached hydrogens (tertiary/aromatic N) is 3. The average Bonchev–Trinajstić information content (AvgIpc) is 3.49. The second-order valence-corrected chi connectivity index (χ2v) is 9.78. The van der Waals surface area contributed by atoms with E-state index in [9.17, 15) is 4.79 Å². The van der Waals surface area contributed by atoms with Crippen LogP contribution in [0.4, 0.5) is 5.13 Å². The molecule has 186 valence electrons. The van der Waals surface area contributed by atoms with E-state index in [1.54, 1.807) is 16.2 Å². The molecule has 3 aromatic rings. The minimum atomic E-state index is -0.0826. The molecular formula is C28H32N6OS. The van der Waals surface area contributed by atoms with Crippen LogP contribution in [-0.2, 0) is 17.6 Å². The molecule has 1 unspecified atom stereocenters. The topological polar surface area (TPSA) is 95.6 Å². The van der Waals surface area contributed by atoms with Gasteiger partial charge in [-0.25, -0.2) is 9.98 Å². The van der Waals surface area contributed by atoms with Gasteiger partial charge in [0.1, 0.15) is 5.82 Å². The van der Waals surface area contributed by atoms with Gasteiger partial charge in [-0.1, -0.05) is 67.8 Å². The van der Waals surface area contributed by atoms with Crippen molar-refractivity contribution >= 4 is 38.6 Å². The maximum Gasteiger partial charge on any atom is 0.246 e. The molecule has 1 aliphatic rings. The summed E-state index contributed by atoms with van der Waals surface area (Å²) in [6, 6.07) is 16.4. The van der Waals surface area contributed by atoms with Crippen LogP contribution in [0.1, 0.15) is 24.5 Å². The summed E-state index contributed by atoms with van der Waals surface area (Å²) in [5.74, 6) is 0.832. The summed E-state index contributed by atoms with van der Waals surface area (Å²) in [4.78, 5) is 23.0. The van der Waals surface area contributed by atoms with Gasteiger partial charge >= 0.3 is 0 Å². The molecule has 0 spiro atoms. The predicted octanol–water partition coefficient (Wildman–Crippen LogP) is 4.60. The van der Waals surface area contributed by atoms with Crippen LogP contribution in [0, 0.1) is 0 Å². The summed E-state index contributed by atoms with van der Waals surface area (Å²) < 4.78 is 1.12. The molecule has 0 aliphatic carbocycles. The van der Waals surface area contributed by atoms with Gasteiger partial charge in [0.05, 0.1) is 16.3 Å². The lowest BCUT2D eigenvalue weighted by atomic mass is 10.1. The van der Waals surface area contributed by atoms with Crippen molar-refractivity contribution in [2.45, 2.75) is 32.2 Å². The lowest BCUT2D eigenvalue weighted by Crippen LogP contribution is -2.35. The van der Waals surface area contributed by atoms with Gasteiger partial charge in [0, 0.05) is 13.1 Å². The van der Waals surface area contributed by atoms with E-state index < -0.39 is 0 Å². The number of anilines is 1. The number of guanidine groups is 1. The number of hydrogen-bond donors (Lipinski definition) is 3. The van der Waals surface area contributed by atoms with Crippen molar-refractivity contribution < 1.29 is 4.79 Å². The number of rotatable bonds is 9. The average molecular weight is 501 g/mol. The second kappa shape index (κ2) is 11.7. The standard InChI is InChI=1S/C28H32N6OS/c1-4-20-11-12-23-24(17-20)36-28(31-23)33-25(16-19(3)15-21-9-7-6-8-10-21)32-27(29)30-22-13-14-34(18-22)26(35)5-2/h5-12,16-17,22H,2-4,13-15,18H2,1H3,(H,31,33)(H3,29,30,32)/b25-16+. The smallest absolute Gasteiger partial charge is 0.246 e. The summed E-state index contributed by atoms with van der Waals surface area (Å²) in [6.45, 7) is 11.1. The van der Waals surface area contributed by atoms with Gasteiger partial charge in [0.15, 0.2) is 11.1 Å². The van der Waals surface area contributed by atoms with E-state index in [0.29, 0.717) is 25.3 Å². The molecule has 0 saturated carbocycles. The van der Waals surface area contributed by atoms with Crippen molar-refractivity contribution in [2.75, 3.05) is 18.4 Å². The number of hydrogen-bond acceptors (Lipinski definition) is 5. The Labute approximate surface area is 216 Å². The van der Waals surface area contributed by atoms with Gasteiger partial charge in [-0.2, -0.15) is 0 Å². The summed E-state index contributed by atoms with van der Waals surface area (Å²) in [5, 5.41) is 7.32. The second-order valence-electron chi connectivity index (χ2n) is 8.75. The first-order chi connectivity index (χ1) is 17.4. The van der Waals surface area contributed by atoms with Crippen LogP contribution in [0.3, 0.4) is 0 Å². The molecule has 4 rings (SSSR count). The number of carbonyl (C=O) groups is 1. The Morgan fingerprint density at radius 2 is 2.08 bits per heavy atom. The minimum absolute atomic E-state index is 0.0647. The monoisotopic (exact) mass is 500 g/mol. The molecule has 0 bridgehead atoms. The van der Waals surface area contributed by atoms with E-state index in [1.807, 2.05) is 30.3 Å². The number of nitrogens with two attached hydrogens (primary N) is 1. The summed E-state index contributed by atoms with van der Waals surface area (Å²) >= 11 is 1.59. The SMILES string of the molecule is C=CC(=O)N1CCC(N=C(N)N/C(=C\C(=C)Cc2ccccc2)Nc2nc3ccc(CC)cc3s2)C1. The molecule has 36 heavy (non-hydrogen) atoms. The number of aryl methyl sites for hydroxylation is 1. The van der Waals surface area contributed by atoms with Crippen LogP contribution >= 0.6 is 11.3 Å². The van der Waals surface area contributed by atoms with Gasteiger partial charge in [0.2, 0.25) is 5.91 Å². The molecule has 1 saturated heterocycles. The van der Waals surface area contributed by atoms with Crippen LogP contribution in [0.15, 0.2) is 90.2 Å². The van der Waals surface area contributed by atoms with E-state index in [0.717, 1.165) is 33.8 Å². The van der Waals surface area contributed by atoms with Crippen LogP contribution < -0.4 is 16.4 Å². The molecule has 8 heteroatoms. The van der Waals surface area contributed by atoms with E-state index in [-0.39, 0.29) is 17.9 Å². The zero-order valence-corrected chi connectivity index (χ0v) is 21.4. The first-order valence-corrected chi connectivity index (χ1v) is 12.9. The highest BCUT2D eigenvalue weighted by Crippen LogP contribution is 2.28. The van der Waals surface area contributed by atoms with Crippen LogP contribution in [0.25, 0.3) is 10.2 Å². The molecule has 0 radical (unpaired) electrons. The van der Waals surface area contributed by atoms with Crippen molar-refractivity contribution in [3.8, 4) is 0 Å². The van der Waals surface area contributed by atoms with Crippen molar-refractivity contribution in [2.24, 2.45) is 10.7 Å². The largest absolute Gasteiger partial charge is 0.370 e. The number of thiazole rings is 1. The highest BCUT2D eigenvalue weighted by molar-refractivity contribution is 7.22. The fourth-order valence-electron chi connectivity index (χ4n) is 4.12. The Bertz CT molecular complexity index is 1310. The maximum absolute atomic E-state index is 11.9. The zero-order chi connectivity index (χ0) is 25.5. The van der Waals surface area contributed by atoms with E-state index >= 15 is 0 Å². The summed E-state index contributed by atoms with van der Waals surface area (Å²) in [5.41, 5.74) is 10.6. The first kappa shape index (κ1) is 25.2. The quantitative estimate of drug-likeness (QED) is 0.173. The third kappa shape index (κ3) is 6.60. The number of carbonyl (C=O) groups excluding carboxylic acids is 1. The molecule has 1 amide bonds. The molecule has 1 aromatic heterocycles. The molecule has 4 N–H and O–H groups in total. The van der Waals surface area contributed by atoms with Crippen LogP contribution in [0.5, 0.6) is 0 Å². The molecule has 7 nitrogen and oxygen atoms in total. The number of likely N-dealkylation sites (tertiary alicyclic amines) is 1. The lowest BCUT2D eigenvalue weighted by Gasteiger charge is -2.15. The Hall–Kier alpha value is -3.91. The first-order valence-electron chi connectivity index (χ1n) is 12.0. The maximum atomic E-state index is 11.9. The third-order valence-corrected chi connectivity index (χ3v) is 6.89. The normalized spacial score (nSPS) is 16.2. The number of aromatic nitrogens is 1. The molecule has 2 aromatic carbocycles. The zero-order valence-electron chi connectivity index (χ0n) is 20.5. The molecule has 2 heterocycles. The Morgan fingerprint density at radius 3 is 2.83 bits per heavy atom. The highest BCUT2D eigenvalue weighted by atomic mass is 32.1. The molecule has 1 fully saturated rings. The number of nitrogens with one attached hydrogen (secondary N) is 2.